The zero-order chi connectivity index (χ0) is 21.2. The zero-order valence-electron chi connectivity index (χ0n) is 16.7. The van der Waals surface area contributed by atoms with Crippen molar-refractivity contribution in [2.45, 2.75) is 6.92 Å². The van der Waals surface area contributed by atoms with Crippen molar-refractivity contribution in [1.29, 1.82) is 0 Å². The summed E-state index contributed by atoms with van der Waals surface area (Å²) in [5, 5.41) is 21.1. The quantitative estimate of drug-likeness (QED) is 0.343. The maximum atomic E-state index is 9.96. The molecule has 0 radical (unpaired) electrons. The van der Waals surface area contributed by atoms with Gasteiger partial charge in [0, 0.05) is 0 Å². The molecule has 0 heterocycles. The Morgan fingerprint density at radius 1 is 0.633 bits per heavy atom. The average molecular weight is 477 g/mol. The monoisotopic (exact) mass is 476 g/mol. The van der Waals surface area contributed by atoms with Gasteiger partial charge in [-0.05, 0) is 0 Å². The van der Waals surface area contributed by atoms with Crippen LogP contribution in [0.25, 0.3) is 0 Å². The molecule has 0 aliphatic heterocycles. The van der Waals surface area contributed by atoms with Crippen LogP contribution in [0.4, 0.5) is 0 Å². The van der Waals surface area contributed by atoms with Gasteiger partial charge in [-0.3, -0.25) is 0 Å². The molecule has 150 valence electrons. The summed E-state index contributed by atoms with van der Waals surface area (Å²) in [5.74, 6) is 0. The van der Waals surface area contributed by atoms with E-state index in [-0.39, 0.29) is 0 Å². The Labute approximate surface area is 186 Å². The maximum absolute atomic E-state index is 9.96. The number of aryl methyl sites for hydroxylation is 1. The van der Waals surface area contributed by atoms with Gasteiger partial charge in [0.1, 0.15) is 0 Å². The first-order valence-electron chi connectivity index (χ1n) is 9.84. The first-order valence-corrected chi connectivity index (χ1v) is 14.1. The Hall–Kier alpha value is -2.23. The minimum absolute atomic E-state index is 0.479. The molecule has 0 amide bonds. The molecule has 0 unspecified atom stereocenters. The molecule has 4 aromatic carbocycles. The molecule has 0 saturated carbocycles. The van der Waals surface area contributed by atoms with Crippen LogP contribution in [0.5, 0.6) is 0 Å². The van der Waals surface area contributed by atoms with Gasteiger partial charge in [-0.2, -0.15) is 0 Å². The second kappa shape index (κ2) is 8.13. The Kier molecular flexibility index (Phi) is 5.70. The van der Waals surface area contributed by atoms with Crippen LogP contribution in [0.3, 0.4) is 0 Å². The SMILES string of the molecule is Cc1ccc(B(O)O)cc1P(Br)(c1ccccc1)(c1ccccc1)c1ccccc1. The second-order valence-corrected chi connectivity index (χ2v) is 15.7. The Morgan fingerprint density at radius 3 is 1.40 bits per heavy atom. The third kappa shape index (κ3) is 3.16. The molecule has 30 heavy (non-hydrogen) atoms. The number of halogens is 1. The van der Waals surface area contributed by atoms with E-state index in [2.05, 4.69) is 95.2 Å². The third-order valence-corrected chi connectivity index (χ3v) is 15.7. The van der Waals surface area contributed by atoms with Gasteiger partial charge in [0.2, 0.25) is 0 Å². The van der Waals surface area contributed by atoms with Gasteiger partial charge >= 0.3 is 186 Å². The van der Waals surface area contributed by atoms with Crippen molar-refractivity contribution in [2.24, 2.45) is 0 Å². The summed E-state index contributed by atoms with van der Waals surface area (Å²) in [6.45, 7) is 2.08. The summed E-state index contributed by atoms with van der Waals surface area (Å²) in [6.07, 6.45) is 0. The van der Waals surface area contributed by atoms with E-state index < -0.39 is 12.4 Å². The van der Waals surface area contributed by atoms with E-state index in [0.29, 0.717) is 5.46 Å². The van der Waals surface area contributed by atoms with E-state index in [9.17, 15) is 10.0 Å². The average Bonchev–Trinajstić information content (AvgIpc) is 2.80. The number of benzene rings is 4. The van der Waals surface area contributed by atoms with Crippen molar-refractivity contribution in [1.82, 2.24) is 0 Å². The molecule has 4 rings (SSSR count). The molecular weight excluding hydrogens is 454 g/mol. The van der Waals surface area contributed by atoms with Gasteiger partial charge in [-0.25, -0.2) is 0 Å². The summed E-state index contributed by atoms with van der Waals surface area (Å²) >= 11 is 4.43. The second-order valence-electron chi connectivity index (χ2n) is 7.44. The molecule has 5 heteroatoms. The predicted octanol–water partition coefficient (Wildman–Crippen LogP) is 3.14. The molecule has 0 fully saturated rings. The Morgan fingerprint density at radius 2 is 1.03 bits per heavy atom. The van der Waals surface area contributed by atoms with E-state index in [1.54, 1.807) is 6.07 Å². The Balaban J connectivity index is 2.26. The van der Waals surface area contributed by atoms with Gasteiger partial charge in [-0.15, -0.1) is 0 Å². The van der Waals surface area contributed by atoms with Crippen molar-refractivity contribution in [3.8, 4) is 0 Å². The number of rotatable bonds is 5. The molecule has 2 N–H and O–H groups in total. The van der Waals surface area contributed by atoms with Crippen LogP contribution in [0, 0.1) is 6.92 Å². The molecule has 0 atom stereocenters. The number of hydrogen-bond acceptors (Lipinski definition) is 2. The molecule has 0 saturated heterocycles. The summed E-state index contributed by atoms with van der Waals surface area (Å²) in [4.78, 5) is 0. The van der Waals surface area contributed by atoms with Crippen LogP contribution in [0.15, 0.2) is 109 Å². The van der Waals surface area contributed by atoms with E-state index in [1.807, 2.05) is 30.3 Å². The molecule has 2 nitrogen and oxygen atoms in total. The normalized spacial score (nSPS) is 12.7. The molecular formula is C25H23BBrO2P. The first-order chi connectivity index (χ1) is 14.5. The predicted molar refractivity (Wildman–Crippen MR) is 135 cm³/mol. The first kappa shape index (κ1) is 21.0. The molecule has 0 bridgehead atoms. The van der Waals surface area contributed by atoms with Crippen LogP contribution in [0.2, 0.25) is 0 Å². The summed E-state index contributed by atoms with van der Waals surface area (Å²) < 4.78 is 0. The van der Waals surface area contributed by atoms with E-state index in [4.69, 9.17) is 0 Å². The zero-order valence-corrected chi connectivity index (χ0v) is 19.2. The fraction of sp³-hybridized carbons (Fsp3) is 0.0400. The fourth-order valence-corrected chi connectivity index (χ4v) is 12.6. The third-order valence-electron chi connectivity index (χ3n) is 5.71. The van der Waals surface area contributed by atoms with Crippen LogP contribution in [-0.4, -0.2) is 17.2 Å². The van der Waals surface area contributed by atoms with Crippen LogP contribution in [-0.2, 0) is 0 Å². The molecule has 0 spiro atoms. The van der Waals surface area contributed by atoms with Crippen LogP contribution < -0.4 is 26.7 Å². The van der Waals surface area contributed by atoms with E-state index in [0.717, 1.165) is 26.8 Å². The molecule has 0 aliphatic rings. The Bertz CT molecular complexity index is 1050. The number of hydrogen-bond donors (Lipinski definition) is 2. The van der Waals surface area contributed by atoms with Crippen molar-refractivity contribution in [3.63, 3.8) is 0 Å². The minimum atomic E-state index is -3.36. The summed E-state index contributed by atoms with van der Waals surface area (Å²) in [5.41, 5.74) is 1.57. The van der Waals surface area contributed by atoms with Gasteiger partial charge in [-0.1, -0.05) is 0 Å². The standard InChI is InChI=1S/C25H23BBrO2P/c1-20-17-18-21(26(28)29)19-25(20)30(27,22-11-5-2-6-12-22,23-13-7-3-8-14-23)24-15-9-4-10-16-24/h2-19,28-29H,1H3. The van der Waals surface area contributed by atoms with E-state index >= 15 is 0 Å². The van der Waals surface area contributed by atoms with Gasteiger partial charge < -0.3 is 0 Å². The van der Waals surface area contributed by atoms with Crippen LogP contribution >= 0.6 is 20.8 Å². The van der Waals surface area contributed by atoms with Crippen molar-refractivity contribution < 1.29 is 10.0 Å². The van der Waals surface area contributed by atoms with Gasteiger partial charge in [0.05, 0.1) is 0 Å². The molecule has 0 aliphatic carbocycles. The molecule has 4 aromatic rings. The molecule has 0 aromatic heterocycles. The van der Waals surface area contributed by atoms with Crippen molar-refractivity contribution >= 4 is 54.6 Å². The fourth-order valence-electron chi connectivity index (χ4n) is 4.23. The van der Waals surface area contributed by atoms with Crippen molar-refractivity contribution in [2.75, 3.05) is 0 Å². The van der Waals surface area contributed by atoms with Crippen LogP contribution in [0.1, 0.15) is 5.56 Å². The topological polar surface area (TPSA) is 40.5 Å². The summed E-state index contributed by atoms with van der Waals surface area (Å²) in [7, 11) is -1.53. The van der Waals surface area contributed by atoms with Gasteiger partial charge in [0.15, 0.2) is 0 Å². The van der Waals surface area contributed by atoms with E-state index in [1.165, 1.54) is 0 Å². The van der Waals surface area contributed by atoms with Crippen molar-refractivity contribution in [3.05, 3.63) is 115 Å². The van der Waals surface area contributed by atoms with Gasteiger partial charge in [0.25, 0.3) is 0 Å². The summed E-state index contributed by atoms with van der Waals surface area (Å²) in [6, 6.07) is 37.1.